The Kier molecular flexibility index (Phi) is 6.04. The molecular weight excluding hydrogens is 258 g/mol. The van der Waals surface area contributed by atoms with Gasteiger partial charge in [-0.05, 0) is 48.9 Å². The van der Waals surface area contributed by atoms with Crippen LogP contribution in [0.5, 0.6) is 0 Å². The standard InChI is InChI=1S/C18H31N3/c1-5-8-19-12-16-10-17(14(3)4)20-18(11-16)21-9-7-15(6-2)13-21/h10-11,14-15,19H,5-9,12-13H2,1-4H3. The van der Waals surface area contributed by atoms with Crippen LogP contribution in [0.15, 0.2) is 12.1 Å². The van der Waals surface area contributed by atoms with Crippen molar-refractivity contribution in [2.45, 2.75) is 59.4 Å². The summed E-state index contributed by atoms with van der Waals surface area (Å²) in [6.45, 7) is 13.3. The van der Waals surface area contributed by atoms with E-state index < -0.39 is 0 Å². The fourth-order valence-electron chi connectivity index (χ4n) is 2.94. The highest BCUT2D eigenvalue weighted by Crippen LogP contribution is 2.26. The van der Waals surface area contributed by atoms with Gasteiger partial charge in [-0.1, -0.05) is 34.1 Å². The zero-order valence-electron chi connectivity index (χ0n) is 14.2. The van der Waals surface area contributed by atoms with E-state index in [4.69, 9.17) is 4.98 Å². The molecule has 21 heavy (non-hydrogen) atoms. The van der Waals surface area contributed by atoms with Gasteiger partial charge in [-0.2, -0.15) is 0 Å². The highest BCUT2D eigenvalue weighted by molar-refractivity contribution is 5.44. The summed E-state index contributed by atoms with van der Waals surface area (Å²) in [4.78, 5) is 7.39. The van der Waals surface area contributed by atoms with Crippen LogP contribution in [0.3, 0.4) is 0 Å². The third-order valence-corrected chi connectivity index (χ3v) is 4.43. The minimum absolute atomic E-state index is 0.486. The fraction of sp³-hybridized carbons (Fsp3) is 0.722. The summed E-state index contributed by atoms with van der Waals surface area (Å²) in [5.41, 5.74) is 2.60. The minimum atomic E-state index is 0.486. The monoisotopic (exact) mass is 289 g/mol. The van der Waals surface area contributed by atoms with E-state index in [1.807, 2.05) is 0 Å². The SMILES string of the molecule is CCCNCc1cc(C(C)C)nc(N2CCC(CC)C2)c1. The molecule has 0 bridgehead atoms. The van der Waals surface area contributed by atoms with E-state index in [1.165, 1.54) is 42.9 Å². The van der Waals surface area contributed by atoms with Crippen LogP contribution in [0.4, 0.5) is 5.82 Å². The first-order chi connectivity index (χ1) is 10.1. The van der Waals surface area contributed by atoms with Gasteiger partial charge in [0.15, 0.2) is 0 Å². The molecule has 0 radical (unpaired) electrons. The molecule has 3 nitrogen and oxygen atoms in total. The molecule has 118 valence electrons. The summed E-state index contributed by atoms with van der Waals surface area (Å²) in [7, 11) is 0. The Morgan fingerprint density at radius 1 is 1.33 bits per heavy atom. The van der Waals surface area contributed by atoms with Gasteiger partial charge >= 0.3 is 0 Å². The van der Waals surface area contributed by atoms with Crippen LogP contribution in [0.2, 0.25) is 0 Å². The van der Waals surface area contributed by atoms with E-state index in [1.54, 1.807) is 0 Å². The fourth-order valence-corrected chi connectivity index (χ4v) is 2.94. The number of anilines is 1. The normalized spacial score (nSPS) is 18.7. The lowest BCUT2D eigenvalue weighted by Crippen LogP contribution is -2.22. The minimum Gasteiger partial charge on any atom is -0.356 e. The maximum atomic E-state index is 4.91. The molecule has 1 atom stereocenters. The second-order valence-electron chi connectivity index (χ2n) is 6.60. The molecule has 0 saturated carbocycles. The molecule has 0 aromatic carbocycles. The van der Waals surface area contributed by atoms with E-state index in [0.717, 1.165) is 25.6 Å². The molecule has 0 aliphatic carbocycles. The van der Waals surface area contributed by atoms with Gasteiger partial charge in [0.25, 0.3) is 0 Å². The van der Waals surface area contributed by atoms with Gasteiger partial charge in [-0.15, -0.1) is 0 Å². The van der Waals surface area contributed by atoms with Gasteiger partial charge < -0.3 is 10.2 Å². The third kappa shape index (κ3) is 4.44. The second-order valence-corrected chi connectivity index (χ2v) is 6.60. The number of nitrogens with zero attached hydrogens (tertiary/aromatic N) is 2. The van der Waals surface area contributed by atoms with Crippen molar-refractivity contribution in [1.82, 2.24) is 10.3 Å². The van der Waals surface area contributed by atoms with Crippen LogP contribution >= 0.6 is 0 Å². The summed E-state index contributed by atoms with van der Waals surface area (Å²) in [6.07, 6.45) is 3.78. The topological polar surface area (TPSA) is 28.2 Å². The van der Waals surface area contributed by atoms with Gasteiger partial charge in [0.1, 0.15) is 5.82 Å². The predicted octanol–water partition coefficient (Wildman–Crippen LogP) is 3.94. The Bertz CT molecular complexity index is 442. The number of hydrogen-bond donors (Lipinski definition) is 1. The van der Waals surface area contributed by atoms with Crippen molar-refractivity contribution in [2.75, 3.05) is 24.5 Å². The number of pyridine rings is 1. The molecule has 1 saturated heterocycles. The number of aromatic nitrogens is 1. The van der Waals surface area contributed by atoms with Crippen molar-refractivity contribution in [1.29, 1.82) is 0 Å². The maximum Gasteiger partial charge on any atom is 0.129 e. The average molecular weight is 289 g/mol. The van der Waals surface area contributed by atoms with Gasteiger partial charge in [-0.25, -0.2) is 4.98 Å². The Morgan fingerprint density at radius 2 is 2.14 bits per heavy atom. The zero-order chi connectivity index (χ0) is 15.2. The molecular formula is C18H31N3. The average Bonchev–Trinajstić information content (AvgIpc) is 2.96. The van der Waals surface area contributed by atoms with Gasteiger partial charge in [0, 0.05) is 25.3 Å². The van der Waals surface area contributed by atoms with E-state index in [9.17, 15) is 0 Å². The smallest absolute Gasteiger partial charge is 0.129 e. The Hall–Kier alpha value is -1.09. The number of rotatable bonds is 7. The molecule has 1 aromatic heterocycles. The van der Waals surface area contributed by atoms with Crippen LogP contribution in [0.1, 0.15) is 64.1 Å². The maximum absolute atomic E-state index is 4.91. The summed E-state index contributed by atoms with van der Waals surface area (Å²) in [5.74, 6) is 2.51. The van der Waals surface area contributed by atoms with Crippen LogP contribution < -0.4 is 10.2 Å². The van der Waals surface area contributed by atoms with Crippen LogP contribution in [0, 0.1) is 5.92 Å². The van der Waals surface area contributed by atoms with E-state index in [2.05, 4.69) is 50.0 Å². The number of hydrogen-bond acceptors (Lipinski definition) is 3. The lowest BCUT2D eigenvalue weighted by molar-refractivity contribution is 0.568. The molecule has 2 heterocycles. The van der Waals surface area contributed by atoms with E-state index >= 15 is 0 Å². The molecule has 1 aliphatic heterocycles. The molecule has 2 rings (SSSR count). The Balaban J connectivity index is 2.15. The van der Waals surface area contributed by atoms with Crippen molar-refractivity contribution < 1.29 is 0 Å². The van der Waals surface area contributed by atoms with Gasteiger partial charge in [0.2, 0.25) is 0 Å². The molecule has 1 aliphatic rings. The molecule has 3 heteroatoms. The summed E-state index contributed by atoms with van der Waals surface area (Å²) < 4.78 is 0. The van der Waals surface area contributed by atoms with Crippen molar-refractivity contribution >= 4 is 5.82 Å². The summed E-state index contributed by atoms with van der Waals surface area (Å²) in [6, 6.07) is 4.55. The van der Waals surface area contributed by atoms with Gasteiger partial charge in [-0.3, -0.25) is 0 Å². The van der Waals surface area contributed by atoms with Crippen molar-refractivity contribution in [3.05, 3.63) is 23.4 Å². The first-order valence-corrected chi connectivity index (χ1v) is 8.60. The Labute approximate surface area is 130 Å². The van der Waals surface area contributed by atoms with Crippen LogP contribution in [-0.2, 0) is 6.54 Å². The molecule has 1 N–H and O–H groups in total. The molecule has 0 amide bonds. The van der Waals surface area contributed by atoms with Crippen LogP contribution in [0.25, 0.3) is 0 Å². The summed E-state index contributed by atoms with van der Waals surface area (Å²) >= 11 is 0. The van der Waals surface area contributed by atoms with E-state index in [-0.39, 0.29) is 0 Å². The largest absolute Gasteiger partial charge is 0.356 e. The lowest BCUT2D eigenvalue weighted by Gasteiger charge is -2.20. The van der Waals surface area contributed by atoms with Crippen molar-refractivity contribution in [2.24, 2.45) is 5.92 Å². The lowest BCUT2D eigenvalue weighted by atomic mass is 10.1. The number of nitrogens with one attached hydrogen (secondary N) is 1. The highest BCUT2D eigenvalue weighted by atomic mass is 15.2. The van der Waals surface area contributed by atoms with E-state index in [0.29, 0.717) is 5.92 Å². The molecule has 1 unspecified atom stereocenters. The Morgan fingerprint density at radius 3 is 2.76 bits per heavy atom. The van der Waals surface area contributed by atoms with Crippen LogP contribution in [-0.4, -0.2) is 24.6 Å². The molecule has 1 aromatic rings. The quantitative estimate of drug-likeness (QED) is 0.771. The van der Waals surface area contributed by atoms with Crippen molar-refractivity contribution in [3.63, 3.8) is 0 Å². The molecule has 1 fully saturated rings. The second kappa shape index (κ2) is 7.79. The third-order valence-electron chi connectivity index (χ3n) is 4.43. The first kappa shape index (κ1) is 16.3. The first-order valence-electron chi connectivity index (χ1n) is 8.60. The zero-order valence-corrected chi connectivity index (χ0v) is 14.2. The highest BCUT2D eigenvalue weighted by Gasteiger charge is 2.22. The van der Waals surface area contributed by atoms with Crippen molar-refractivity contribution in [3.8, 4) is 0 Å². The molecule has 0 spiro atoms. The predicted molar refractivity (Wildman–Crippen MR) is 90.9 cm³/mol. The summed E-state index contributed by atoms with van der Waals surface area (Å²) in [5, 5.41) is 3.51. The van der Waals surface area contributed by atoms with Gasteiger partial charge in [0.05, 0.1) is 0 Å².